The lowest BCUT2D eigenvalue weighted by Crippen LogP contribution is -2.52. The first-order valence-corrected chi connectivity index (χ1v) is 11.9. The van der Waals surface area contributed by atoms with Gasteiger partial charge < -0.3 is 4.90 Å². The van der Waals surface area contributed by atoms with Gasteiger partial charge >= 0.3 is 0 Å². The average molecular weight is 415 g/mol. The van der Waals surface area contributed by atoms with Crippen LogP contribution in [0.25, 0.3) is 0 Å². The molecule has 5 nitrogen and oxygen atoms in total. The molecule has 2 atom stereocenters. The molecule has 0 aromatic heterocycles. The highest BCUT2D eigenvalue weighted by Crippen LogP contribution is 2.29. The first-order valence-electron chi connectivity index (χ1n) is 10.3. The summed E-state index contributed by atoms with van der Waals surface area (Å²) in [6.07, 6.45) is 0.913. The zero-order valence-electron chi connectivity index (χ0n) is 17.2. The monoisotopic (exact) mass is 414 g/mol. The van der Waals surface area contributed by atoms with Crippen LogP contribution < -0.4 is 0 Å². The molecule has 2 aromatic carbocycles. The van der Waals surface area contributed by atoms with Crippen LogP contribution in [0, 0.1) is 5.92 Å². The van der Waals surface area contributed by atoms with Gasteiger partial charge in [-0.15, -0.1) is 0 Å². The van der Waals surface area contributed by atoms with Crippen LogP contribution in [0.5, 0.6) is 0 Å². The SMILES string of the molecule is CCC(C)C(C(=O)N1CCN(S(=O)(=O)Cc2ccccc2)CC1)c1ccccc1. The number of hydrogen-bond acceptors (Lipinski definition) is 3. The van der Waals surface area contributed by atoms with E-state index in [1.165, 1.54) is 4.31 Å². The van der Waals surface area contributed by atoms with E-state index in [1.807, 2.05) is 65.6 Å². The lowest BCUT2D eigenvalue weighted by molar-refractivity contribution is -0.135. The molecule has 0 saturated carbocycles. The molecule has 6 heteroatoms. The third-order valence-corrected chi connectivity index (χ3v) is 7.62. The highest BCUT2D eigenvalue weighted by molar-refractivity contribution is 7.88. The Hall–Kier alpha value is -2.18. The summed E-state index contributed by atoms with van der Waals surface area (Å²) < 4.78 is 27.0. The normalized spacial score (nSPS) is 17.7. The van der Waals surface area contributed by atoms with Crippen LogP contribution in [0.4, 0.5) is 0 Å². The van der Waals surface area contributed by atoms with Gasteiger partial charge in [-0.2, -0.15) is 4.31 Å². The van der Waals surface area contributed by atoms with Gasteiger partial charge in [0.05, 0.1) is 11.7 Å². The fraction of sp³-hybridized carbons (Fsp3) is 0.435. The van der Waals surface area contributed by atoms with Gasteiger partial charge in [-0.05, 0) is 17.0 Å². The summed E-state index contributed by atoms with van der Waals surface area (Å²) in [5.74, 6) is 0.144. The van der Waals surface area contributed by atoms with Crippen LogP contribution in [-0.4, -0.2) is 49.7 Å². The molecule has 1 heterocycles. The number of carbonyl (C=O) groups is 1. The summed E-state index contributed by atoms with van der Waals surface area (Å²) in [5, 5.41) is 0. The van der Waals surface area contributed by atoms with Crippen LogP contribution in [0.3, 0.4) is 0 Å². The lowest BCUT2D eigenvalue weighted by atomic mass is 9.84. The van der Waals surface area contributed by atoms with Gasteiger partial charge in [0.25, 0.3) is 0 Å². The van der Waals surface area contributed by atoms with Crippen molar-refractivity contribution in [3.63, 3.8) is 0 Å². The third-order valence-electron chi connectivity index (χ3n) is 5.77. The summed E-state index contributed by atoms with van der Waals surface area (Å²) in [6.45, 7) is 5.78. The Morgan fingerprint density at radius 2 is 1.48 bits per heavy atom. The van der Waals surface area contributed by atoms with Gasteiger partial charge in [0.2, 0.25) is 15.9 Å². The molecule has 29 heavy (non-hydrogen) atoms. The standard InChI is InChI=1S/C23H30N2O3S/c1-3-19(2)22(21-12-8-5-9-13-21)23(26)24-14-16-25(17-15-24)29(27,28)18-20-10-6-4-7-11-20/h4-13,19,22H,3,14-18H2,1-2H3. The van der Waals surface area contributed by atoms with Crippen molar-refractivity contribution in [2.24, 2.45) is 5.92 Å². The molecule has 0 radical (unpaired) electrons. The molecule has 2 unspecified atom stereocenters. The van der Waals surface area contributed by atoms with E-state index >= 15 is 0 Å². The predicted octanol–water partition coefficient (Wildman–Crippen LogP) is 3.49. The topological polar surface area (TPSA) is 57.7 Å². The maximum Gasteiger partial charge on any atom is 0.230 e. The smallest absolute Gasteiger partial charge is 0.230 e. The summed E-state index contributed by atoms with van der Waals surface area (Å²) >= 11 is 0. The van der Waals surface area contributed by atoms with Crippen LogP contribution in [0.1, 0.15) is 37.3 Å². The molecule has 1 fully saturated rings. The molecule has 0 bridgehead atoms. The Morgan fingerprint density at radius 3 is 2.03 bits per heavy atom. The van der Waals surface area contributed by atoms with Crippen LogP contribution >= 0.6 is 0 Å². The van der Waals surface area contributed by atoms with E-state index in [2.05, 4.69) is 13.8 Å². The van der Waals surface area contributed by atoms with E-state index in [0.29, 0.717) is 26.2 Å². The molecule has 0 aliphatic carbocycles. The molecular formula is C23H30N2O3S. The first kappa shape index (κ1) is 21.5. The van der Waals surface area contributed by atoms with Crippen molar-refractivity contribution in [3.8, 4) is 0 Å². The maximum atomic E-state index is 13.3. The van der Waals surface area contributed by atoms with Crippen molar-refractivity contribution in [1.82, 2.24) is 9.21 Å². The van der Waals surface area contributed by atoms with Crippen molar-refractivity contribution in [2.45, 2.75) is 31.9 Å². The van der Waals surface area contributed by atoms with Crippen LogP contribution in [0.2, 0.25) is 0 Å². The molecule has 1 saturated heterocycles. The largest absolute Gasteiger partial charge is 0.340 e. The van der Waals surface area contributed by atoms with Crippen molar-refractivity contribution < 1.29 is 13.2 Å². The quantitative estimate of drug-likeness (QED) is 0.697. The molecule has 2 aromatic rings. The van der Waals surface area contributed by atoms with E-state index in [0.717, 1.165) is 17.5 Å². The van der Waals surface area contributed by atoms with Crippen molar-refractivity contribution in [3.05, 3.63) is 71.8 Å². The van der Waals surface area contributed by atoms with Crippen molar-refractivity contribution in [2.75, 3.05) is 26.2 Å². The molecule has 1 amide bonds. The summed E-state index contributed by atoms with van der Waals surface area (Å²) in [6, 6.07) is 19.1. The number of piperazine rings is 1. The lowest BCUT2D eigenvalue weighted by Gasteiger charge is -2.37. The van der Waals surface area contributed by atoms with E-state index < -0.39 is 10.0 Å². The summed E-state index contributed by atoms with van der Waals surface area (Å²) in [4.78, 5) is 15.1. The number of hydrogen-bond donors (Lipinski definition) is 0. The van der Waals surface area contributed by atoms with Crippen LogP contribution in [0.15, 0.2) is 60.7 Å². The minimum Gasteiger partial charge on any atom is -0.340 e. The first-order chi connectivity index (χ1) is 13.9. The fourth-order valence-electron chi connectivity index (χ4n) is 3.87. The molecular weight excluding hydrogens is 384 g/mol. The van der Waals surface area contributed by atoms with Gasteiger partial charge in [0.1, 0.15) is 0 Å². The zero-order valence-corrected chi connectivity index (χ0v) is 18.0. The van der Waals surface area contributed by atoms with Crippen LogP contribution in [-0.2, 0) is 20.6 Å². The van der Waals surface area contributed by atoms with E-state index in [1.54, 1.807) is 0 Å². The minimum atomic E-state index is -3.38. The van der Waals surface area contributed by atoms with E-state index in [9.17, 15) is 13.2 Å². The van der Waals surface area contributed by atoms with Crippen molar-refractivity contribution >= 4 is 15.9 Å². The Bertz CT molecular complexity index is 892. The van der Waals surface area contributed by atoms with Crippen molar-refractivity contribution in [1.29, 1.82) is 0 Å². The second-order valence-electron chi connectivity index (χ2n) is 7.74. The molecule has 0 spiro atoms. The summed E-state index contributed by atoms with van der Waals surface area (Å²) in [7, 11) is -3.38. The maximum absolute atomic E-state index is 13.3. The van der Waals surface area contributed by atoms with Gasteiger partial charge in [0.15, 0.2) is 0 Å². The van der Waals surface area contributed by atoms with Gasteiger partial charge in [0, 0.05) is 26.2 Å². The van der Waals surface area contributed by atoms with Gasteiger partial charge in [-0.1, -0.05) is 80.9 Å². The second kappa shape index (κ2) is 9.55. The molecule has 0 N–H and O–H groups in total. The Labute approximate surface area is 174 Å². The van der Waals surface area contributed by atoms with E-state index in [-0.39, 0.29) is 23.5 Å². The number of benzene rings is 2. The zero-order chi connectivity index (χ0) is 20.9. The highest BCUT2D eigenvalue weighted by Gasteiger charge is 2.34. The number of carbonyl (C=O) groups excluding carboxylic acids is 1. The number of amides is 1. The second-order valence-corrected chi connectivity index (χ2v) is 9.71. The Morgan fingerprint density at radius 1 is 0.931 bits per heavy atom. The Kier molecular flexibility index (Phi) is 7.09. The third kappa shape index (κ3) is 5.25. The molecule has 156 valence electrons. The molecule has 3 rings (SSSR count). The number of rotatable bonds is 7. The Balaban J connectivity index is 1.66. The fourth-order valence-corrected chi connectivity index (χ4v) is 5.39. The highest BCUT2D eigenvalue weighted by atomic mass is 32.2. The summed E-state index contributed by atoms with van der Waals surface area (Å²) in [5.41, 5.74) is 1.82. The number of nitrogens with zero attached hydrogens (tertiary/aromatic N) is 2. The van der Waals surface area contributed by atoms with Gasteiger partial charge in [-0.3, -0.25) is 4.79 Å². The molecule has 1 aliphatic rings. The van der Waals surface area contributed by atoms with Gasteiger partial charge in [-0.25, -0.2) is 8.42 Å². The number of sulfonamides is 1. The predicted molar refractivity (Wildman–Crippen MR) is 116 cm³/mol. The van der Waals surface area contributed by atoms with E-state index in [4.69, 9.17) is 0 Å². The molecule has 1 aliphatic heterocycles. The minimum absolute atomic E-state index is 0.00129. The average Bonchev–Trinajstić information content (AvgIpc) is 2.75.